The molecule has 0 aromatic carbocycles. The van der Waals surface area contributed by atoms with Crippen LogP contribution in [0.15, 0.2) is 21.7 Å². The Kier molecular flexibility index (Phi) is 3.87. The van der Waals surface area contributed by atoms with Crippen molar-refractivity contribution in [1.82, 2.24) is 4.57 Å². The molecule has 0 unspecified atom stereocenters. The van der Waals surface area contributed by atoms with Crippen LogP contribution in [0.25, 0.3) is 0 Å². The molecule has 0 aromatic rings. The van der Waals surface area contributed by atoms with Crippen LogP contribution in [0.5, 0.6) is 0 Å². The van der Waals surface area contributed by atoms with Crippen LogP contribution in [-0.2, 0) is 4.79 Å². The van der Waals surface area contributed by atoms with Gasteiger partial charge in [-0.1, -0.05) is 58.9 Å². The van der Waals surface area contributed by atoms with E-state index in [1.807, 2.05) is 0 Å². The Morgan fingerprint density at radius 3 is 1.67 bits per heavy atom. The average molecular weight is 338 g/mol. The predicted molar refractivity (Wildman–Crippen MR) is 100 cm³/mol. The molecule has 0 radical (unpaired) electrons. The molecule has 1 heterocycles. The zero-order chi connectivity index (χ0) is 16.4. The molecule has 21 heavy (non-hydrogen) atoms. The number of rotatable bonds is 3. The Morgan fingerprint density at radius 2 is 1.29 bits per heavy atom. The molecule has 1 fully saturated rings. The standard InChI is InChI=1S/C16H31NOSi3/c1-19(2,3)15-12-10-11-17(21(7,8)9)13(12)16(14(15)18)20(4,5)6/h10-11H2,1-9H3. The molecule has 2 rings (SSSR count). The molecular formula is C16H31NOSi3. The number of Topliss-reactive ketones (excluding diaryl/α,β-unsaturated/α-hetero) is 1. The molecule has 2 aliphatic rings. The smallest absolute Gasteiger partial charge is 0.179 e. The van der Waals surface area contributed by atoms with Crippen molar-refractivity contribution >= 4 is 30.2 Å². The van der Waals surface area contributed by atoms with E-state index in [0.717, 1.165) is 13.0 Å². The lowest BCUT2D eigenvalue weighted by atomic mass is 10.2. The van der Waals surface area contributed by atoms with Crippen molar-refractivity contribution in [2.24, 2.45) is 0 Å². The minimum atomic E-state index is -1.62. The topological polar surface area (TPSA) is 20.3 Å². The summed E-state index contributed by atoms with van der Waals surface area (Å²) in [7, 11) is -4.63. The largest absolute Gasteiger partial charge is 0.397 e. The van der Waals surface area contributed by atoms with E-state index in [1.165, 1.54) is 21.7 Å². The van der Waals surface area contributed by atoms with Gasteiger partial charge in [-0.3, -0.25) is 4.79 Å². The van der Waals surface area contributed by atoms with Crippen molar-refractivity contribution in [3.8, 4) is 0 Å². The van der Waals surface area contributed by atoms with E-state index in [4.69, 9.17) is 0 Å². The summed E-state index contributed by atoms with van der Waals surface area (Å²) in [5.41, 5.74) is 2.84. The quantitative estimate of drug-likeness (QED) is 0.711. The second kappa shape index (κ2) is 4.80. The van der Waals surface area contributed by atoms with Gasteiger partial charge in [-0.2, -0.15) is 0 Å². The normalized spacial score (nSPS) is 20.8. The molecule has 0 bridgehead atoms. The molecule has 1 saturated heterocycles. The van der Waals surface area contributed by atoms with Crippen LogP contribution in [0, 0.1) is 0 Å². The summed E-state index contributed by atoms with van der Waals surface area (Å²) in [5, 5.41) is 2.48. The summed E-state index contributed by atoms with van der Waals surface area (Å²) >= 11 is 0. The van der Waals surface area contributed by atoms with Crippen LogP contribution in [0.2, 0.25) is 58.9 Å². The first-order valence-corrected chi connectivity index (χ1v) is 18.5. The second-order valence-corrected chi connectivity index (χ2v) is 24.4. The first-order chi connectivity index (χ1) is 9.26. The van der Waals surface area contributed by atoms with Crippen molar-refractivity contribution < 1.29 is 4.79 Å². The van der Waals surface area contributed by atoms with E-state index >= 15 is 0 Å². The second-order valence-electron chi connectivity index (χ2n) is 9.48. The molecule has 0 atom stereocenters. The van der Waals surface area contributed by atoms with Crippen molar-refractivity contribution in [2.45, 2.75) is 65.3 Å². The number of allylic oxidation sites excluding steroid dienone is 3. The van der Waals surface area contributed by atoms with Crippen LogP contribution in [0.4, 0.5) is 0 Å². The van der Waals surface area contributed by atoms with Crippen molar-refractivity contribution in [1.29, 1.82) is 0 Å². The van der Waals surface area contributed by atoms with E-state index in [2.05, 4.69) is 63.5 Å². The summed E-state index contributed by atoms with van der Waals surface area (Å²) in [6.07, 6.45) is 1.10. The van der Waals surface area contributed by atoms with Gasteiger partial charge in [0.2, 0.25) is 0 Å². The minimum Gasteiger partial charge on any atom is -0.397 e. The first-order valence-electron chi connectivity index (χ1n) is 8.07. The highest BCUT2D eigenvalue weighted by Crippen LogP contribution is 2.46. The summed E-state index contributed by atoms with van der Waals surface area (Å²) < 4.78 is 2.64. The molecule has 1 aliphatic carbocycles. The number of nitrogens with zero attached hydrogens (tertiary/aromatic N) is 1. The fourth-order valence-electron chi connectivity index (χ4n) is 3.68. The highest BCUT2D eigenvalue weighted by molar-refractivity contribution is 6.94. The fraction of sp³-hybridized carbons (Fsp3) is 0.688. The summed E-state index contributed by atoms with van der Waals surface area (Å²) in [6, 6.07) is 0. The maximum absolute atomic E-state index is 13.2. The molecule has 0 saturated carbocycles. The molecule has 118 valence electrons. The molecule has 1 aliphatic heterocycles. The van der Waals surface area contributed by atoms with Crippen LogP contribution in [0.1, 0.15) is 6.42 Å². The summed E-state index contributed by atoms with van der Waals surface area (Å²) in [4.78, 5) is 13.2. The number of carbonyl (C=O) groups is 1. The molecule has 0 amide bonds. The Balaban J connectivity index is 2.70. The van der Waals surface area contributed by atoms with Gasteiger partial charge in [-0.25, -0.2) is 0 Å². The third-order valence-corrected chi connectivity index (χ3v) is 10.5. The van der Waals surface area contributed by atoms with Crippen LogP contribution in [0.3, 0.4) is 0 Å². The summed E-state index contributed by atoms with van der Waals surface area (Å²) in [5.74, 6) is 0.432. The number of ketones is 1. The van der Waals surface area contributed by atoms with Crippen molar-refractivity contribution in [3.63, 3.8) is 0 Å². The Bertz CT molecular complexity index is 554. The number of fused-ring (bicyclic) bond motifs is 1. The number of hydrogen-bond donors (Lipinski definition) is 0. The van der Waals surface area contributed by atoms with E-state index in [1.54, 1.807) is 0 Å². The van der Waals surface area contributed by atoms with Gasteiger partial charge in [-0.15, -0.1) is 0 Å². The number of carbonyl (C=O) groups excluding carboxylic acids is 1. The molecule has 0 spiro atoms. The van der Waals surface area contributed by atoms with Gasteiger partial charge in [0.15, 0.2) is 5.78 Å². The lowest BCUT2D eigenvalue weighted by molar-refractivity contribution is -0.111. The zero-order valence-corrected chi connectivity index (χ0v) is 18.3. The highest BCUT2D eigenvalue weighted by atomic mass is 28.3. The maximum atomic E-state index is 13.2. The summed E-state index contributed by atoms with van der Waals surface area (Å²) in [6.45, 7) is 22.3. The van der Waals surface area contributed by atoms with Gasteiger partial charge in [0, 0.05) is 17.4 Å². The molecule has 0 aromatic heterocycles. The monoisotopic (exact) mass is 337 g/mol. The van der Waals surface area contributed by atoms with Gasteiger partial charge < -0.3 is 4.57 Å². The average Bonchev–Trinajstić information content (AvgIpc) is 2.67. The van der Waals surface area contributed by atoms with E-state index < -0.39 is 24.4 Å². The van der Waals surface area contributed by atoms with Gasteiger partial charge in [0.25, 0.3) is 0 Å². The highest BCUT2D eigenvalue weighted by Gasteiger charge is 2.48. The third-order valence-electron chi connectivity index (χ3n) is 4.44. The Labute approximate surface area is 133 Å². The number of hydrogen-bond acceptors (Lipinski definition) is 2. The Hall–Kier alpha value is -0.399. The predicted octanol–water partition coefficient (Wildman–Crippen LogP) is 4.42. The van der Waals surface area contributed by atoms with Crippen molar-refractivity contribution in [2.75, 3.05) is 6.54 Å². The van der Waals surface area contributed by atoms with Crippen LogP contribution >= 0.6 is 0 Å². The molecule has 5 heteroatoms. The van der Waals surface area contributed by atoms with Crippen molar-refractivity contribution in [3.05, 3.63) is 21.7 Å². The Morgan fingerprint density at radius 1 is 0.810 bits per heavy atom. The van der Waals surface area contributed by atoms with E-state index in [0.29, 0.717) is 5.78 Å². The maximum Gasteiger partial charge on any atom is 0.179 e. The van der Waals surface area contributed by atoms with Crippen LogP contribution < -0.4 is 0 Å². The lowest BCUT2D eigenvalue weighted by Crippen LogP contribution is -2.45. The third kappa shape index (κ3) is 2.80. The van der Waals surface area contributed by atoms with Gasteiger partial charge >= 0.3 is 0 Å². The molecule has 2 nitrogen and oxygen atoms in total. The fourth-order valence-corrected chi connectivity index (χ4v) is 9.37. The van der Waals surface area contributed by atoms with E-state index in [-0.39, 0.29) is 0 Å². The van der Waals surface area contributed by atoms with E-state index in [9.17, 15) is 4.79 Å². The van der Waals surface area contributed by atoms with Gasteiger partial charge in [0.05, 0.1) is 16.1 Å². The van der Waals surface area contributed by atoms with Crippen LogP contribution in [-0.4, -0.2) is 41.3 Å². The van der Waals surface area contributed by atoms with Gasteiger partial charge in [0.1, 0.15) is 8.24 Å². The molecule has 0 N–H and O–H groups in total. The van der Waals surface area contributed by atoms with Gasteiger partial charge in [-0.05, 0) is 17.2 Å². The minimum absolute atomic E-state index is 0.432. The zero-order valence-electron chi connectivity index (χ0n) is 15.3. The SMILES string of the molecule is C[Si](C)(C)C1=C2CCN([Si](C)(C)C)C2=C([Si](C)(C)C)C1=O. The molecular weight excluding hydrogens is 306 g/mol. The first kappa shape index (κ1) is 17.0. The lowest BCUT2D eigenvalue weighted by Gasteiger charge is -2.35.